The summed E-state index contributed by atoms with van der Waals surface area (Å²) >= 11 is 0. The Morgan fingerprint density at radius 3 is 2.65 bits per heavy atom. The van der Waals surface area contributed by atoms with Gasteiger partial charge in [0, 0.05) is 37.0 Å². The molecule has 3 heterocycles. The predicted molar refractivity (Wildman–Crippen MR) is 90.8 cm³/mol. The molecule has 0 radical (unpaired) electrons. The van der Waals surface area contributed by atoms with Gasteiger partial charge in [-0.3, -0.25) is 4.79 Å². The maximum atomic E-state index is 13.6. The highest BCUT2D eigenvalue weighted by Crippen LogP contribution is 2.42. The van der Waals surface area contributed by atoms with Crippen molar-refractivity contribution in [3.63, 3.8) is 0 Å². The van der Waals surface area contributed by atoms with Crippen molar-refractivity contribution >= 4 is 11.7 Å². The van der Waals surface area contributed by atoms with Crippen molar-refractivity contribution in [2.75, 3.05) is 18.4 Å². The predicted octanol–water partition coefficient (Wildman–Crippen LogP) is 3.55. The molecule has 1 aromatic heterocycles. The van der Waals surface area contributed by atoms with Crippen molar-refractivity contribution in [2.24, 2.45) is 11.8 Å². The molecular formula is C18H25F3N4O. The standard InChI is InChI=1S/C18H25F3N4O/c1-10(2)13-7-15(18(19,20)21)25-16(22-13)8-14(23-25)12-5-6-24(9-12)17(26)11-3-4-11/h8,10-13,15,22H,3-7,9H2,1-2H3/t12-,13-,15+/m0/s1. The zero-order valence-electron chi connectivity index (χ0n) is 15.1. The van der Waals surface area contributed by atoms with E-state index in [1.807, 2.05) is 18.7 Å². The van der Waals surface area contributed by atoms with Gasteiger partial charge in [-0.1, -0.05) is 13.8 Å². The lowest BCUT2D eigenvalue weighted by atomic mass is 9.94. The van der Waals surface area contributed by atoms with Crippen molar-refractivity contribution in [1.29, 1.82) is 0 Å². The van der Waals surface area contributed by atoms with Crippen LogP contribution >= 0.6 is 0 Å². The molecule has 4 rings (SSSR count). The van der Waals surface area contributed by atoms with E-state index in [2.05, 4.69) is 10.4 Å². The van der Waals surface area contributed by atoms with E-state index in [0.29, 0.717) is 24.6 Å². The Kier molecular flexibility index (Phi) is 4.19. The molecule has 3 aliphatic rings. The Morgan fingerprint density at radius 1 is 1.31 bits per heavy atom. The maximum absolute atomic E-state index is 13.6. The number of rotatable bonds is 3. The van der Waals surface area contributed by atoms with Crippen molar-refractivity contribution in [2.45, 2.75) is 63.7 Å². The molecular weight excluding hydrogens is 345 g/mol. The normalized spacial score (nSPS) is 29.0. The summed E-state index contributed by atoms with van der Waals surface area (Å²) in [4.78, 5) is 14.1. The third kappa shape index (κ3) is 3.18. The van der Waals surface area contributed by atoms with Gasteiger partial charge in [0.1, 0.15) is 5.82 Å². The number of nitrogens with one attached hydrogen (secondary N) is 1. The zero-order chi connectivity index (χ0) is 18.6. The first kappa shape index (κ1) is 17.7. The molecule has 2 aliphatic heterocycles. The monoisotopic (exact) mass is 370 g/mol. The van der Waals surface area contributed by atoms with E-state index in [1.54, 1.807) is 6.07 Å². The summed E-state index contributed by atoms with van der Waals surface area (Å²) in [6.45, 7) is 5.09. The summed E-state index contributed by atoms with van der Waals surface area (Å²) in [6, 6.07) is -0.0658. The number of likely N-dealkylation sites (tertiary alicyclic amines) is 1. The summed E-state index contributed by atoms with van der Waals surface area (Å²) < 4.78 is 41.8. The highest BCUT2D eigenvalue weighted by Gasteiger charge is 2.47. The van der Waals surface area contributed by atoms with Gasteiger partial charge in [0.05, 0.1) is 5.69 Å². The molecule has 8 heteroatoms. The van der Waals surface area contributed by atoms with Gasteiger partial charge in [0.2, 0.25) is 5.91 Å². The van der Waals surface area contributed by atoms with Gasteiger partial charge in [-0.2, -0.15) is 18.3 Å². The van der Waals surface area contributed by atoms with Gasteiger partial charge in [0.15, 0.2) is 6.04 Å². The second-order valence-corrected chi connectivity index (χ2v) is 8.23. The second-order valence-electron chi connectivity index (χ2n) is 8.23. The molecule has 1 aromatic rings. The third-order valence-electron chi connectivity index (χ3n) is 5.89. The number of fused-ring (bicyclic) bond motifs is 1. The number of nitrogens with zero attached hydrogens (tertiary/aromatic N) is 3. The van der Waals surface area contributed by atoms with Crippen LogP contribution in [-0.4, -0.2) is 45.9 Å². The number of carbonyl (C=O) groups excluding carboxylic acids is 1. The van der Waals surface area contributed by atoms with E-state index in [1.165, 1.54) is 0 Å². The number of alkyl halides is 3. The van der Waals surface area contributed by atoms with Crippen LogP contribution in [0.3, 0.4) is 0 Å². The lowest BCUT2D eigenvalue weighted by Crippen LogP contribution is -2.41. The summed E-state index contributed by atoms with van der Waals surface area (Å²) in [6.07, 6.45) is -1.64. The number of hydrogen-bond donors (Lipinski definition) is 1. The van der Waals surface area contributed by atoms with E-state index < -0.39 is 12.2 Å². The Hall–Kier alpha value is -1.73. The fraction of sp³-hybridized carbons (Fsp3) is 0.778. The number of anilines is 1. The molecule has 1 saturated carbocycles. The number of amides is 1. The molecule has 2 fully saturated rings. The largest absolute Gasteiger partial charge is 0.410 e. The van der Waals surface area contributed by atoms with Crippen LogP contribution in [0.1, 0.15) is 57.2 Å². The van der Waals surface area contributed by atoms with Gasteiger partial charge >= 0.3 is 6.18 Å². The lowest BCUT2D eigenvalue weighted by Gasteiger charge is -2.35. The third-order valence-corrected chi connectivity index (χ3v) is 5.89. The first-order valence-corrected chi connectivity index (χ1v) is 9.45. The average Bonchev–Trinajstić information content (AvgIpc) is 3.14. The van der Waals surface area contributed by atoms with Crippen LogP contribution in [0.15, 0.2) is 6.07 Å². The average molecular weight is 370 g/mol. The molecule has 1 aliphatic carbocycles. The highest BCUT2D eigenvalue weighted by molar-refractivity contribution is 5.81. The summed E-state index contributed by atoms with van der Waals surface area (Å²) in [5.74, 6) is 0.933. The highest BCUT2D eigenvalue weighted by atomic mass is 19.4. The molecule has 1 N–H and O–H groups in total. The smallest absolute Gasteiger partial charge is 0.367 e. The van der Waals surface area contributed by atoms with Crippen LogP contribution in [0.4, 0.5) is 19.0 Å². The van der Waals surface area contributed by atoms with Gasteiger partial charge in [-0.15, -0.1) is 0 Å². The Labute approximate surface area is 150 Å². The molecule has 0 spiro atoms. The van der Waals surface area contributed by atoms with Crippen LogP contribution in [0.5, 0.6) is 0 Å². The minimum Gasteiger partial charge on any atom is -0.367 e. The molecule has 3 atom stereocenters. The Morgan fingerprint density at radius 2 is 2.04 bits per heavy atom. The van der Waals surface area contributed by atoms with Crippen LogP contribution in [0.2, 0.25) is 0 Å². The summed E-state index contributed by atoms with van der Waals surface area (Å²) in [5.41, 5.74) is 0.664. The fourth-order valence-electron chi connectivity index (χ4n) is 4.05. The SMILES string of the molecule is CC(C)[C@@H]1C[C@H](C(F)(F)F)n2nc([C@H]3CCN(C(=O)C4CC4)C3)cc2N1. The van der Waals surface area contributed by atoms with Gasteiger partial charge < -0.3 is 10.2 Å². The van der Waals surface area contributed by atoms with Crippen molar-refractivity contribution < 1.29 is 18.0 Å². The van der Waals surface area contributed by atoms with Gasteiger partial charge in [0.25, 0.3) is 0 Å². The van der Waals surface area contributed by atoms with E-state index in [9.17, 15) is 18.0 Å². The minimum atomic E-state index is -4.32. The Bertz CT molecular complexity index is 695. The van der Waals surface area contributed by atoms with Crippen LogP contribution in [-0.2, 0) is 4.79 Å². The van der Waals surface area contributed by atoms with Crippen LogP contribution in [0.25, 0.3) is 0 Å². The van der Waals surface area contributed by atoms with E-state index in [-0.39, 0.29) is 36.1 Å². The quantitative estimate of drug-likeness (QED) is 0.885. The van der Waals surface area contributed by atoms with E-state index in [4.69, 9.17) is 0 Å². The van der Waals surface area contributed by atoms with Crippen molar-refractivity contribution in [3.05, 3.63) is 11.8 Å². The van der Waals surface area contributed by atoms with Crippen LogP contribution in [0, 0.1) is 11.8 Å². The first-order chi connectivity index (χ1) is 12.2. The number of aromatic nitrogens is 2. The molecule has 26 heavy (non-hydrogen) atoms. The van der Waals surface area contributed by atoms with Crippen molar-refractivity contribution in [3.8, 4) is 0 Å². The van der Waals surface area contributed by atoms with Gasteiger partial charge in [-0.25, -0.2) is 4.68 Å². The summed E-state index contributed by atoms with van der Waals surface area (Å²) in [7, 11) is 0. The Balaban J connectivity index is 1.56. The maximum Gasteiger partial charge on any atom is 0.410 e. The molecule has 1 amide bonds. The zero-order valence-corrected chi connectivity index (χ0v) is 15.1. The fourth-order valence-corrected chi connectivity index (χ4v) is 4.05. The first-order valence-electron chi connectivity index (χ1n) is 9.45. The molecule has 1 saturated heterocycles. The number of halogens is 3. The molecule has 0 unspecified atom stereocenters. The molecule has 5 nitrogen and oxygen atoms in total. The summed E-state index contributed by atoms with van der Waals surface area (Å²) in [5, 5.41) is 7.55. The van der Waals surface area contributed by atoms with E-state index in [0.717, 1.165) is 23.9 Å². The van der Waals surface area contributed by atoms with Gasteiger partial charge in [-0.05, 0) is 31.6 Å². The van der Waals surface area contributed by atoms with Crippen molar-refractivity contribution in [1.82, 2.24) is 14.7 Å². The van der Waals surface area contributed by atoms with Crippen LogP contribution < -0.4 is 5.32 Å². The minimum absolute atomic E-state index is 0.00769. The molecule has 0 bridgehead atoms. The van der Waals surface area contributed by atoms with E-state index >= 15 is 0 Å². The number of carbonyl (C=O) groups is 1. The lowest BCUT2D eigenvalue weighted by molar-refractivity contribution is -0.174. The molecule has 144 valence electrons. The number of hydrogen-bond acceptors (Lipinski definition) is 3. The molecule has 0 aromatic carbocycles. The second kappa shape index (κ2) is 6.16. The topological polar surface area (TPSA) is 50.2 Å².